The Morgan fingerprint density at radius 1 is 1.40 bits per heavy atom. The van der Waals surface area contributed by atoms with Gasteiger partial charge in [-0.05, 0) is 31.2 Å². The number of carbonyl (C=O) groups is 2. The number of nitrogens with two attached hydrogens (primary N) is 1. The molecule has 0 radical (unpaired) electrons. The van der Waals surface area contributed by atoms with Gasteiger partial charge in [-0.2, -0.15) is 0 Å². The van der Waals surface area contributed by atoms with Gasteiger partial charge in [0, 0.05) is 25.6 Å². The molecule has 0 aromatic carbocycles. The van der Waals surface area contributed by atoms with Crippen LogP contribution in [0.25, 0.3) is 0 Å². The normalized spacial score (nSPS) is 23.9. The molecule has 0 aliphatic carbocycles. The molecule has 2 atom stereocenters. The zero-order valence-corrected chi connectivity index (χ0v) is 12.5. The highest BCUT2D eigenvalue weighted by Crippen LogP contribution is 2.20. The summed E-state index contributed by atoms with van der Waals surface area (Å²) in [6, 6.07) is 0.242. The SMILES string of the molecule is CC(C)CCNC1CC(CC(=O)O)CN(CC(N)=O)C1. The van der Waals surface area contributed by atoms with Crippen molar-refractivity contribution in [1.82, 2.24) is 10.2 Å². The number of carbonyl (C=O) groups excluding carboxylic acids is 1. The molecule has 6 nitrogen and oxygen atoms in total. The van der Waals surface area contributed by atoms with Crippen LogP contribution in [0.1, 0.15) is 33.1 Å². The van der Waals surface area contributed by atoms with Crippen molar-refractivity contribution in [2.75, 3.05) is 26.2 Å². The van der Waals surface area contributed by atoms with Crippen LogP contribution in [-0.2, 0) is 9.59 Å². The molecule has 2 unspecified atom stereocenters. The van der Waals surface area contributed by atoms with E-state index in [1.807, 2.05) is 4.90 Å². The number of carboxylic acids is 1. The lowest BCUT2D eigenvalue weighted by Gasteiger charge is -2.37. The Kier molecular flexibility index (Phi) is 6.95. The van der Waals surface area contributed by atoms with Gasteiger partial charge in [0.15, 0.2) is 0 Å². The van der Waals surface area contributed by atoms with Gasteiger partial charge < -0.3 is 16.2 Å². The van der Waals surface area contributed by atoms with E-state index in [0.29, 0.717) is 12.5 Å². The number of likely N-dealkylation sites (tertiary alicyclic amines) is 1. The summed E-state index contributed by atoms with van der Waals surface area (Å²) in [6.07, 6.45) is 2.09. The van der Waals surface area contributed by atoms with Gasteiger partial charge in [-0.3, -0.25) is 14.5 Å². The molecule has 1 aliphatic heterocycles. The maximum absolute atomic E-state index is 11.1. The summed E-state index contributed by atoms with van der Waals surface area (Å²) in [5.41, 5.74) is 5.24. The molecule has 116 valence electrons. The number of hydrogen-bond acceptors (Lipinski definition) is 4. The fourth-order valence-electron chi connectivity index (χ4n) is 2.77. The third-order valence-corrected chi connectivity index (χ3v) is 3.61. The zero-order valence-electron chi connectivity index (χ0n) is 12.5. The van der Waals surface area contributed by atoms with Crippen molar-refractivity contribution in [2.24, 2.45) is 17.6 Å². The van der Waals surface area contributed by atoms with Crippen LogP contribution in [0.5, 0.6) is 0 Å². The minimum atomic E-state index is -0.781. The fraction of sp³-hybridized carbons (Fsp3) is 0.857. The average molecular weight is 285 g/mol. The van der Waals surface area contributed by atoms with Gasteiger partial charge in [0.1, 0.15) is 0 Å². The lowest BCUT2D eigenvalue weighted by Crippen LogP contribution is -2.51. The lowest BCUT2D eigenvalue weighted by molar-refractivity contribution is -0.138. The van der Waals surface area contributed by atoms with Crippen molar-refractivity contribution in [1.29, 1.82) is 0 Å². The van der Waals surface area contributed by atoms with Crippen molar-refractivity contribution < 1.29 is 14.7 Å². The number of primary amides is 1. The second kappa shape index (κ2) is 8.21. The molecule has 1 saturated heterocycles. The average Bonchev–Trinajstić information content (AvgIpc) is 2.25. The van der Waals surface area contributed by atoms with Crippen LogP contribution in [-0.4, -0.2) is 54.1 Å². The minimum Gasteiger partial charge on any atom is -0.481 e. The topological polar surface area (TPSA) is 95.7 Å². The van der Waals surface area contributed by atoms with E-state index in [4.69, 9.17) is 10.8 Å². The second-order valence-electron chi connectivity index (χ2n) is 6.19. The standard InChI is InChI=1S/C14H27N3O3/c1-10(2)3-4-16-12-5-11(6-14(19)20)7-17(8-12)9-13(15)18/h10-12,16H,3-9H2,1-2H3,(H2,15,18)(H,19,20). The molecule has 0 spiro atoms. The molecular formula is C14H27N3O3. The molecular weight excluding hydrogens is 258 g/mol. The molecule has 0 saturated carbocycles. The van der Waals surface area contributed by atoms with Gasteiger partial charge in [0.05, 0.1) is 6.54 Å². The Hall–Kier alpha value is -1.14. The molecule has 0 aromatic rings. The lowest BCUT2D eigenvalue weighted by atomic mass is 9.91. The summed E-state index contributed by atoms with van der Waals surface area (Å²) in [5.74, 6) is -0.418. The first-order chi connectivity index (χ1) is 9.36. The number of aliphatic carboxylic acids is 1. The molecule has 1 aliphatic rings. The highest BCUT2D eigenvalue weighted by Gasteiger charge is 2.28. The summed E-state index contributed by atoms with van der Waals surface area (Å²) < 4.78 is 0. The number of nitrogens with one attached hydrogen (secondary N) is 1. The van der Waals surface area contributed by atoms with Crippen LogP contribution >= 0.6 is 0 Å². The largest absolute Gasteiger partial charge is 0.481 e. The Balaban J connectivity index is 2.50. The summed E-state index contributed by atoms with van der Waals surface area (Å²) in [6.45, 7) is 6.88. The second-order valence-corrected chi connectivity index (χ2v) is 6.19. The quantitative estimate of drug-likeness (QED) is 0.595. The van der Waals surface area contributed by atoms with Crippen molar-refractivity contribution in [2.45, 2.75) is 39.2 Å². The molecule has 4 N–H and O–H groups in total. The fourth-order valence-corrected chi connectivity index (χ4v) is 2.77. The highest BCUT2D eigenvalue weighted by molar-refractivity contribution is 5.76. The van der Waals surface area contributed by atoms with Gasteiger partial charge >= 0.3 is 5.97 Å². The predicted molar refractivity (Wildman–Crippen MR) is 77.2 cm³/mol. The Bertz CT molecular complexity index is 310. The Morgan fingerprint density at radius 2 is 2.10 bits per heavy atom. The number of amides is 1. The van der Waals surface area contributed by atoms with Crippen LogP contribution < -0.4 is 11.1 Å². The summed E-state index contributed by atoms with van der Waals surface area (Å²) in [7, 11) is 0. The third kappa shape index (κ3) is 6.86. The summed E-state index contributed by atoms with van der Waals surface area (Å²) in [5, 5.41) is 12.4. The first-order valence-electron chi connectivity index (χ1n) is 7.32. The van der Waals surface area contributed by atoms with Crippen LogP contribution in [0, 0.1) is 11.8 Å². The van der Waals surface area contributed by atoms with Crippen LogP contribution in [0.3, 0.4) is 0 Å². The van der Waals surface area contributed by atoms with E-state index >= 15 is 0 Å². The molecule has 20 heavy (non-hydrogen) atoms. The van der Waals surface area contributed by atoms with Crippen molar-refractivity contribution >= 4 is 11.9 Å². The number of hydrogen-bond donors (Lipinski definition) is 3. The maximum Gasteiger partial charge on any atom is 0.303 e. The van der Waals surface area contributed by atoms with Gasteiger partial charge in [-0.25, -0.2) is 0 Å². The Labute approximate surface area is 120 Å². The van der Waals surface area contributed by atoms with E-state index in [2.05, 4.69) is 19.2 Å². The number of nitrogens with zero attached hydrogens (tertiary/aromatic N) is 1. The van der Waals surface area contributed by atoms with E-state index in [1.165, 1.54) is 0 Å². The predicted octanol–water partition coefficient (Wildman–Crippen LogP) is 0.273. The van der Waals surface area contributed by atoms with E-state index in [-0.39, 0.29) is 30.8 Å². The molecule has 1 fully saturated rings. The molecule has 1 amide bonds. The van der Waals surface area contributed by atoms with E-state index in [0.717, 1.165) is 25.9 Å². The van der Waals surface area contributed by atoms with Gasteiger partial charge in [0.25, 0.3) is 0 Å². The molecule has 0 bridgehead atoms. The Morgan fingerprint density at radius 3 is 2.65 bits per heavy atom. The van der Waals surface area contributed by atoms with E-state index < -0.39 is 5.97 Å². The minimum absolute atomic E-state index is 0.0807. The van der Waals surface area contributed by atoms with E-state index in [9.17, 15) is 9.59 Å². The van der Waals surface area contributed by atoms with Crippen molar-refractivity contribution in [3.8, 4) is 0 Å². The molecule has 6 heteroatoms. The first kappa shape index (κ1) is 16.9. The number of piperidine rings is 1. The van der Waals surface area contributed by atoms with Crippen LogP contribution in [0.15, 0.2) is 0 Å². The summed E-state index contributed by atoms with van der Waals surface area (Å²) >= 11 is 0. The summed E-state index contributed by atoms with van der Waals surface area (Å²) in [4.78, 5) is 23.9. The molecule has 0 aromatic heterocycles. The third-order valence-electron chi connectivity index (χ3n) is 3.61. The van der Waals surface area contributed by atoms with Gasteiger partial charge in [-0.1, -0.05) is 13.8 Å². The van der Waals surface area contributed by atoms with Crippen LogP contribution in [0.4, 0.5) is 0 Å². The zero-order chi connectivity index (χ0) is 15.1. The number of rotatable bonds is 8. The van der Waals surface area contributed by atoms with Gasteiger partial charge in [-0.15, -0.1) is 0 Å². The first-order valence-corrected chi connectivity index (χ1v) is 7.32. The van der Waals surface area contributed by atoms with Gasteiger partial charge in [0.2, 0.25) is 5.91 Å². The monoisotopic (exact) mass is 285 g/mol. The van der Waals surface area contributed by atoms with Crippen LogP contribution in [0.2, 0.25) is 0 Å². The van der Waals surface area contributed by atoms with Crippen molar-refractivity contribution in [3.05, 3.63) is 0 Å². The number of carboxylic acid groups (broad SMARTS) is 1. The smallest absolute Gasteiger partial charge is 0.303 e. The highest BCUT2D eigenvalue weighted by atomic mass is 16.4. The maximum atomic E-state index is 11.1. The van der Waals surface area contributed by atoms with Crippen molar-refractivity contribution in [3.63, 3.8) is 0 Å². The van der Waals surface area contributed by atoms with E-state index in [1.54, 1.807) is 0 Å². The molecule has 1 rings (SSSR count). The molecule has 1 heterocycles.